The summed E-state index contributed by atoms with van der Waals surface area (Å²) in [6, 6.07) is 3.42. The molecule has 0 unspecified atom stereocenters. The van der Waals surface area contributed by atoms with Crippen molar-refractivity contribution < 1.29 is 9.84 Å². The van der Waals surface area contributed by atoms with Crippen molar-refractivity contribution in [1.82, 2.24) is 0 Å². The molecule has 0 spiro atoms. The van der Waals surface area contributed by atoms with Crippen LogP contribution >= 0.6 is 0 Å². The Balaban J connectivity index is 2.84. The minimum atomic E-state index is 0.256. The Labute approximate surface area is 90.9 Å². The summed E-state index contributed by atoms with van der Waals surface area (Å²) in [6.45, 7) is 2.71. The van der Waals surface area contributed by atoms with E-state index in [1.807, 2.05) is 6.92 Å². The van der Waals surface area contributed by atoms with Crippen molar-refractivity contribution >= 4 is 0 Å². The first-order valence-corrected chi connectivity index (χ1v) is 5.25. The van der Waals surface area contributed by atoms with Gasteiger partial charge in [-0.3, -0.25) is 0 Å². The summed E-state index contributed by atoms with van der Waals surface area (Å²) in [5.41, 5.74) is 7.70. The van der Waals surface area contributed by atoms with Crippen molar-refractivity contribution in [3.05, 3.63) is 23.3 Å². The molecule has 0 aromatic heterocycles. The molecular formula is C12H19NO2. The highest BCUT2D eigenvalue weighted by atomic mass is 16.5. The smallest absolute Gasteiger partial charge is 0.125 e. The molecule has 0 bridgehead atoms. The van der Waals surface area contributed by atoms with Gasteiger partial charge in [-0.15, -0.1) is 0 Å². The minimum absolute atomic E-state index is 0.256. The summed E-state index contributed by atoms with van der Waals surface area (Å²) in [7, 11) is 1.63. The zero-order valence-electron chi connectivity index (χ0n) is 9.42. The van der Waals surface area contributed by atoms with Gasteiger partial charge in [-0.25, -0.2) is 0 Å². The second-order valence-electron chi connectivity index (χ2n) is 3.69. The Morgan fingerprint density at radius 3 is 2.67 bits per heavy atom. The number of phenols is 1. The van der Waals surface area contributed by atoms with E-state index in [2.05, 4.69) is 0 Å². The van der Waals surface area contributed by atoms with Crippen LogP contribution in [0.15, 0.2) is 12.1 Å². The molecule has 1 rings (SSSR count). The number of benzene rings is 1. The van der Waals surface area contributed by atoms with E-state index < -0.39 is 0 Å². The van der Waals surface area contributed by atoms with Crippen LogP contribution in [0.3, 0.4) is 0 Å². The molecule has 15 heavy (non-hydrogen) atoms. The van der Waals surface area contributed by atoms with Crippen molar-refractivity contribution in [2.24, 2.45) is 5.73 Å². The van der Waals surface area contributed by atoms with E-state index in [0.717, 1.165) is 37.1 Å². The lowest BCUT2D eigenvalue weighted by Crippen LogP contribution is -2.01. The number of ether oxygens (including phenoxy) is 1. The molecule has 84 valence electrons. The maximum absolute atomic E-state index is 9.42. The standard InChI is InChI=1S/C12H19NO2/c1-9-7-10(14)8-12(15-2)11(9)5-3-4-6-13/h7-8,14H,3-6,13H2,1-2H3. The molecule has 1 aromatic carbocycles. The second-order valence-corrected chi connectivity index (χ2v) is 3.69. The van der Waals surface area contributed by atoms with Gasteiger partial charge in [0.05, 0.1) is 7.11 Å². The van der Waals surface area contributed by atoms with Gasteiger partial charge in [0.1, 0.15) is 11.5 Å². The summed E-state index contributed by atoms with van der Waals surface area (Å²) >= 11 is 0. The minimum Gasteiger partial charge on any atom is -0.508 e. The van der Waals surface area contributed by atoms with E-state index in [1.165, 1.54) is 5.56 Å². The number of nitrogens with two attached hydrogens (primary N) is 1. The van der Waals surface area contributed by atoms with Crippen LogP contribution in [0.1, 0.15) is 24.0 Å². The molecule has 0 amide bonds. The largest absolute Gasteiger partial charge is 0.508 e. The fraction of sp³-hybridized carbons (Fsp3) is 0.500. The molecule has 3 N–H and O–H groups in total. The fourth-order valence-corrected chi connectivity index (χ4v) is 1.71. The quantitative estimate of drug-likeness (QED) is 0.729. The van der Waals surface area contributed by atoms with Crippen LogP contribution in [0.5, 0.6) is 11.5 Å². The van der Waals surface area contributed by atoms with Crippen molar-refractivity contribution in [3.8, 4) is 11.5 Å². The lowest BCUT2D eigenvalue weighted by molar-refractivity contribution is 0.401. The van der Waals surface area contributed by atoms with Gasteiger partial charge in [-0.2, -0.15) is 0 Å². The normalized spacial score (nSPS) is 10.3. The van der Waals surface area contributed by atoms with E-state index >= 15 is 0 Å². The van der Waals surface area contributed by atoms with Crippen molar-refractivity contribution in [3.63, 3.8) is 0 Å². The van der Waals surface area contributed by atoms with Gasteiger partial charge in [0, 0.05) is 6.07 Å². The zero-order valence-corrected chi connectivity index (χ0v) is 9.42. The molecule has 0 saturated heterocycles. The lowest BCUT2D eigenvalue weighted by Gasteiger charge is -2.12. The molecule has 0 aliphatic carbocycles. The lowest BCUT2D eigenvalue weighted by atomic mass is 10.0. The van der Waals surface area contributed by atoms with Gasteiger partial charge in [-0.05, 0) is 49.9 Å². The van der Waals surface area contributed by atoms with Gasteiger partial charge < -0.3 is 15.6 Å². The molecule has 0 fully saturated rings. The van der Waals surface area contributed by atoms with Crippen LogP contribution in [0.4, 0.5) is 0 Å². The summed E-state index contributed by atoms with van der Waals surface area (Å²) < 4.78 is 5.25. The molecule has 0 aliphatic heterocycles. The number of phenolic OH excluding ortho intramolecular Hbond substituents is 1. The third-order valence-corrected chi connectivity index (χ3v) is 2.52. The maximum atomic E-state index is 9.42. The van der Waals surface area contributed by atoms with Crippen LogP contribution in [-0.2, 0) is 6.42 Å². The van der Waals surface area contributed by atoms with Gasteiger partial charge in [0.15, 0.2) is 0 Å². The van der Waals surface area contributed by atoms with Gasteiger partial charge in [0.25, 0.3) is 0 Å². The van der Waals surface area contributed by atoms with Gasteiger partial charge >= 0.3 is 0 Å². The van der Waals surface area contributed by atoms with E-state index in [1.54, 1.807) is 19.2 Å². The van der Waals surface area contributed by atoms with Crippen molar-refractivity contribution in [2.75, 3.05) is 13.7 Å². The number of methoxy groups -OCH3 is 1. The van der Waals surface area contributed by atoms with Crippen LogP contribution in [0, 0.1) is 6.92 Å². The molecule has 0 radical (unpaired) electrons. The highest BCUT2D eigenvalue weighted by Crippen LogP contribution is 2.28. The monoisotopic (exact) mass is 209 g/mol. The highest BCUT2D eigenvalue weighted by molar-refractivity contribution is 5.45. The molecule has 1 aromatic rings. The SMILES string of the molecule is COc1cc(O)cc(C)c1CCCCN. The Morgan fingerprint density at radius 2 is 2.07 bits per heavy atom. The first kappa shape index (κ1) is 11.9. The molecule has 0 atom stereocenters. The number of rotatable bonds is 5. The second kappa shape index (κ2) is 5.61. The molecule has 0 saturated carbocycles. The third kappa shape index (κ3) is 3.13. The highest BCUT2D eigenvalue weighted by Gasteiger charge is 2.07. The van der Waals surface area contributed by atoms with Crippen molar-refractivity contribution in [1.29, 1.82) is 0 Å². The zero-order chi connectivity index (χ0) is 11.3. The molecule has 3 heteroatoms. The Bertz CT molecular complexity index is 324. The average molecular weight is 209 g/mol. The first-order chi connectivity index (χ1) is 7.19. The topological polar surface area (TPSA) is 55.5 Å². The predicted octanol–water partition coefficient (Wildman–Crippen LogP) is 1.99. The predicted molar refractivity (Wildman–Crippen MR) is 61.4 cm³/mol. The average Bonchev–Trinajstić information content (AvgIpc) is 2.20. The molecular weight excluding hydrogens is 190 g/mol. The summed E-state index contributed by atoms with van der Waals surface area (Å²) in [5.74, 6) is 1.02. The maximum Gasteiger partial charge on any atom is 0.125 e. The Kier molecular flexibility index (Phi) is 4.43. The number of aromatic hydroxyl groups is 1. The van der Waals surface area contributed by atoms with Crippen molar-refractivity contribution in [2.45, 2.75) is 26.2 Å². The van der Waals surface area contributed by atoms with Gasteiger partial charge in [0.2, 0.25) is 0 Å². The summed E-state index contributed by atoms with van der Waals surface area (Å²) in [5, 5.41) is 9.42. The number of aryl methyl sites for hydroxylation is 1. The van der Waals surface area contributed by atoms with Crippen LogP contribution < -0.4 is 10.5 Å². The van der Waals surface area contributed by atoms with Crippen LogP contribution in [0.2, 0.25) is 0 Å². The summed E-state index contributed by atoms with van der Waals surface area (Å²) in [4.78, 5) is 0. The third-order valence-electron chi connectivity index (χ3n) is 2.52. The summed E-state index contributed by atoms with van der Waals surface area (Å²) in [6.07, 6.45) is 3.02. The van der Waals surface area contributed by atoms with Crippen LogP contribution in [-0.4, -0.2) is 18.8 Å². The van der Waals surface area contributed by atoms with E-state index in [-0.39, 0.29) is 5.75 Å². The number of hydrogen-bond donors (Lipinski definition) is 2. The molecule has 0 aliphatic rings. The Hall–Kier alpha value is -1.22. The first-order valence-electron chi connectivity index (χ1n) is 5.25. The van der Waals surface area contributed by atoms with E-state index in [9.17, 15) is 5.11 Å². The number of hydrogen-bond acceptors (Lipinski definition) is 3. The van der Waals surface area contributed by atoms with Crippen LogP contribution in [0.25, 0.3) is 0 Å². The fourth-order valence-electron chi connectivity index (χ4n) is 1.71. The number of unbranched alkanes of at least 4 members (excludes halogenated alkanes) is 1. The Morgan fingerprint density at radius 1 is 1.33 bits per heavy atom. The van der Waals surface area contributed by atoms with E-state index in [4.69, 9.17) is 10.5 Å². The van der Waals surface area contributed by atoms with Gasteiger partial charge in [-0.1, -0.05) is 0 Å². The van der Waals surface area contributed by atoms with E-state index in [0.29, 0.717) is 0 Å². The molecule has 3 nitrogen and oxygen atoms in total. The molecule has 0 heterocycles.